The second-order valence-corrected chi connectivity index (χ2v) is 8.57. The molecule has 0 aliphatic heterocycles. The lowest BCUT2D eigenvalue weighted by Gasteiger charge is -2.18. The first-order valence-corrected chi connectivity index (χ1v) is 8.65. The van der Waals surface area contributed by atoms with Crippen molar-refractivity contribution in [2.45, 2.75) is 44.0 Å². The van der Waals surface area contributed by atoms with Crippen LogP contribution >= 0.6 is 15.9 Å². The Bertz CT molecular complexity index is 632. The summed E-state index contributed by atoms with van der Waals surface area (Å²) in [7, 11) is -3.74. The molecule has 1 saturated carbocycles. The number of rotatable bonds is 3. The first-order chi connectivity index (χ1) is 9.11. The van der Waals surface area contributed by atoms with Gasteiger partial charge in [0.25, 0.3) is 0 Å². The quantitative estimate of drug-likeness (QED) is 0.809. The molecule has 7 heteroatoms. The minimum atomic E-state index is -3.74. The molecule has 0 radical (unpaired) electrons. The van der Waals surface area contributed by atoms with Gasteiger partial charge in [0.2, 0.25) is 10.0 Å². The van der Waals surface area contributed by atoms with Crippen LogP contribution in [-0.4, -0.2) is 14.5 Å². The Morgan fingerprint density at radius 1 is 1.45 bits per heavy atom. The summed E-state index contributed by atoms with van der Waals surface area (Å²) in [5.41, 5.74) is 5.68. The van der Waals surface area contributed by atoms with Crippen molar-refractivity contribution in [3.8, 4) is 0 Å². The van der Waals surface area contributed by atoms with E-state index in [2.05, 4.69) is 34.5 Å². The zero-order valence-corrected chi connectivity index (χ0v) is 13.8. The number of sulfonamides is 1. The van der Waals surface area contributed by atoms with Gasteiger partial charge in [0.05, 0.1) is 10.2 Å². The summed E-state index contributed by atoms with van der Waals surface area (Å²) >= 11 is 2.98. The van der Waals surface area contributed by atoms with Crippen molar-refractivity contribution in [1.29, 1.82) is 0 Å². The lowest BCUT2D eigenvalue weighted by Crippen LogP contribution is -2.34. The summed E-state index contributed by atoms with van der Waals surface area (Å²) in [4.78, 5) is -0.0875. The fraction of sp³-hybridized carbons (Fsp3) is 0.538. The minimum Gasteiger partial charge on any atom is -0.398 e. The number of anilines is 1. The van der Waals surface area contributed by atoms with Gasteiger partial charge in [0.1, 0.15) is 10.7 Å². The number of nitrogens with two attached hydrogens (primary N) is 1. The van der Waals surface area contributed by atoms with Crippen LogP contribution in [0.15, 0.2) is 21.5 Å². The largest absolute Gasteiger partial charge is 0.398 e. The molecule has 1 aliphatic carbocycles. The number of nitrogens with one attached hydrogen (secondary N) is 1. The van der Waals surface area contributed by atoms with Crippen LogP contribution in [0.1, 0.15) is 33.1 Å². The Labute approximate surface area is 127 Å². The maximum atomic E-state index is 13.3. The Morgan fingerprint density at radius 2 is 2.10 bits per heavy atom. The maximum absolute atomic E-state index is 13.3. The first kappa shape index (κ1) is 15.7. The van der Waals surface area contributed by atoms with Gasteiger partial charge in [-0.05, 0) is 52.7 Å². The first-order valence-electron chi connectivity index (χ1n) is 6.38. The highest BCUT2D eigenvalue weighted by Crippen LogP contribution is 2.37. The monoisotopic (exact) mass is 364 g/mol. The number of hydrogen-bond acceptors (Lipinski definition) is 3. The average Bonchev–Trinajstić information content (AvgIpc) is 2.62. The Kier molecular flexibility index (Phi) is 4.15. The third kappa shape index (κ3) is 3.32. The van der Waals surface area contributed by atoms with Crippen LogP contribution in [-0.2, 0) is 10.0 Å². The van der Waals surface area contributed by atoms with Gasteiger partial charge < -0.3 is 5.73 Å². The normalized spacial score (nSPS) is 22.1. The van der Waals surface area contributed by atoms with Crippen LogP contribution < -0.4 is 10.5 Å². The number of halogens is 2. The number of nitrogen functional groups attached to an aromatic ring is 1. The van der Waals surface area contributed by atoms with E-state index >= 15 is 0 Å². The average molecular weight is 365 g/mol. The molecule has 1 atom stereocenters. The van der Waals surface area contributed by atoms with Gasteiger partial charge in [-0.3, -0.25) is 0 Å². The zero-order chi connectivity index (χ0) is 15.1. The van der Waals surface area contributed by atoms with Gasteiger partial charge in [-0.15, -0.1) is 0 Å². The molecule has 1 unspecified atom stereocenters. The topological polar surface area (TPSA) is 72.2 Å². The van der Waals surface area contributed by atoms with Crippen molar-refractivity contribution < 1.29 is 12.8 Å². The predicted molar refractivity (Wildman–Crippen MR) is 80.3 cm³/mol. The molecular formula is C13H18BrFN2O2S. The summed E-state index contributed by atoms with van der Waals surface area (Å²) in [6, 6.07) is 2.11. The van der Waals surface area contributed by atoms with Crippen molar-refractivity contribution in [2.75, 3.05) is 5.73 Å². The standard InChI is InChI=1S/C13H18BrFN2O2S/c1-13(2)4-3-8(7-13)17-20(18,19)12-5-9(14)10(15)6-11(12)16/h5-6,8,17H,3-4,7,16H2,1-2H3. The van der Waals surface area contributed by atoms with Crippen LogP contribution in [0.5, 0.6) is 0 Å². The van der Waals surface area contributed by atoms with Gasteiger partial charge in [-0.1, -0.05) is 13.8 Å². The molecule has 0 heterocycles. The van der Waals surface area contributed by atoms with E-state index in [1.807, 2.05) is 0 Å². The summed E-state index contributed by atoms with van der Waals surface area (Å²) in [6.07, 6.45) is 2.56. The third-order valence-electron chi connectivity index (χ3n) is 3.63. The molecular weight excluding hydrogens is 347 g/mol. The molecule has 0 amide bonds. The summed E-state index contributed by atoms with van der Waals surface area (Å²) < 4.78 is 40.8. The van der Waals surface area contributed by atoms with Crippen LogP contribution in [0.3, 0.4) is 0 Å². The van der Waals surface area contributed by atoms with E-state index in [9.17, 15) is 12.8 Å². The highest BCUT2D eigenvalue weighted by atomic mass is 79.9. The second kappa shape index (κ2) is 5.27. The molecule has 1 aromatic carbocycles. The van der Waals surface area contributed by atoms with Crippen molar-refractivity contribution in [2.24, 2.45) is 5.41 Å². The predicted octanol–water partition coefficient (Wildman–Crippen LogP) is 3.03. The van der Waals surface area contributed by atoms with E-state index in [0.29, 0.717) is 0 Å². The molecule has 0 saturated heterocycles. The molecule has 20 heavy (non-hydrogen) atoms. The van der Waals surface area contributed by atoms with E-state index in [-0.39, 0.29) is 26.5 Å². The van der Waals surface area contributed by atoms with E-state index in [4.69, 9.17) is 5.73 Å². The van der Waals surface area contributed by atoms with Crippen molar-refractivity contribution in [3.63, 3.8) is 0 Å². The summed E-state index contributed by atoms with van der Waals surface area (Å²) in [5, 5.41) is 0. The molecule has 0 bridgehead atoms. The Balaban J connectivity index is 2.26. The molecule has 1 aliphatic rings. The van der Waals surface area contributed by atoms with E-state index in [0.717, 1.165) is 25.3 Å². The number of benzene rings is 1. The lowest BCUT2D eigenvalue weighted by molar-refractivity contribution is 0.372. The van der Waals surface area contributed by atoms with Crippen LogP contribution in [0.2, 0.25) is 0 Å². The van der Waals surface area contributed by atoms with E-state index in [1.165, 1.54) is 6.07 Å². The van der Waals surface area contributed by atoms with E-state index in [1.54, 1.807) is 0 Å². The van der Waals surface area contributed by atoms with Crippen molar-refractivity contribution in [3.05, 3.63) is 22.4 Å². The maximum Gasteiger partial charge on any atom is 0.242 e. The Hall–Kier alpha value is -0.660. The van der Waals surface area contributed by atoms with Crippen molar-refractivity contribution >= 4 is 31.6 Å². The van der Waals surface area contributed by atoms with Crippen LogP contribution in [0.4, 0.5) is 10.1 Å². The van der Waals surface area contributed by atoms with E-state index < -0.39 is 15.8 Å². The van der Waals surface area contributed by atoms with Gasteiger partial charge >= 0.3 is 0 Å². The molecule has 0 spiro atoms. The molecule has 112 valence electrons. The van der Waals surface area contributed by atoms with Crippen LogP contribution in [0.25, 0.3) is 0 Å². The molecule has 1 aromatic rings. The highest BCUT2D eigenvalue weighted by Gasteiger charge is 2.34. The zero-order valence-electron chi connectivity index (χ0n) is 11.4. The van der Waals surface area contributed by atoms with Gasteiger partial charge in [-0.2, -0.15) is 0 Å². The number of hydrogen-bond donors (Lipinski definition) is 2. The molecule has 4 nitrogen and oxygen atoms in total. The minimum absolute atomic E-state index is 0.0822. The molecule has 2 rings (SSSR count). The molecule has 0 aromatic heterocycles. The van der Waals surface area contributed by atoms with Gasteiger partial charge in [0, 0.05) is 6.04 Å². The lowest BCUT2D eigenvalue weighted by atomic mass is 9.92. The van der Waals surface area contributed by atoms with Crippen LogP contribution in [0, 0.1) is 11.2 Å². The highest BCUT2D eigenvalue weighted by molar-refractivity contribution is 9.10. The summed E-state index contributed by atoms with van der Waals surface area (Å²) in [6.45, 7) is 4.23. The molecule has 1 fully saturated rings. The van der Waals surface area contributed by atoms with Crippen molar-refractivity contribution in [1.82, 2.24) is 4.72 Å². The SMILES string of the molecule is CC1(C)CCC(NS(=O)(=O)c2cc(Br)c(F)cc2N)C1. The van der Waals surface area contributed by atoms with Gasteiger partial charge in [-0.25, -0.2) is 17.5 Å². The fourth-order valence-corrected chi connectivity index (χ4v) is 4.50. The Morgan fingerprint density at radius 3 is 2.65 bits per heavy atom. The molecule has 3 N–H and O–H groups in total. The second-order valence-electron chi connectivity index (χ2n) is 6.03. The smallest absolute Gasteiger partial charge is 0.242 e. The van der Waals surface area contributed by atoms with Gasteiger partial charge in [0.15, 0.2) is 0 Å². The third-order valence-corrected chi connectivity index (χ3v) is 5.82. The fourth-order valence-electron chi connectivity index (χ4n) is 2.60. The summed E-state index contributed by atoms with van der Waals surface area (Å²) in [5.74, 6) is -0.580.